The van der Waals surface area contributed by atoms with Gasteiger partial charge in [-0.15, -0.1) is 0 Å². The summed E-state index contributed by atoms with van der Waals surface area (Å²) in [7, 11) is 0. The minimum absolute atomic E-state index is 0.211. The van der Waals surface area contributed by atoms with Gasteiger partial charge in [0.05, 0.1) is 18.1 Å². The maximum Gasteiger partial charge on any atom is 0.338 e. The van der Waals surface area contributed by atoms with Gasteiger partial charge >= 0.3 is 5.97 Å². The van der Waals surface area contributed by atoms with Gasteiger partial charge in [-0.05, 0) is 42.3 Å². The molecule has 0 unspecified atom stereocenters. The van der Waals surface area contributed by atoms with Gasteiger partial charge < -0.3 is 15.8 Å². The number of nitrogens with zero attached hydrogens (tertiary/aromatic N) is 2. The van der Waals surface area contributed by atoms with Crippen molar-refractivity contribution in [2.45, 2.75) is 12.8 Å². The second kappa shape index (κ2) is 11.5. The summed E-state index contributed by atoms with van der Waals surface area (Å²) in [4.78, 5) is 33.4. The lowest BCUT2D eigenvalue weighted by molar-refractivity contribution is -0.121. The Morgan fingerprint density at radius 2 is 1.44 bits per heavy atom. The van der Waals surface area contributed by atoms with Gasteiger partial charge in [-0.25, -0.2) is 14.8 Å². The van der Waals surface area contributed by atoms with Crippen LogP contribution in [0.2, 0.25) is 0 Å². The van der Waals surface area contributed by atoms with E-state index < -0.39 is 11.9 Å². The SMILES string of the molecule is CCOC(=O)c1ccc(Nc2ncnc(NNC(=O)C(c3ccccc3)c3ccccc3)c2N)cc1. The Bertz CT molecular complexity index is 1280. The van der Waals surface area contributed by atoms with Gasteiger partial charge in [0.15, 0.2) is 11.6 Å². The van der Waals surface area contributed by atoms with E-state index in [9.17, 15) is 9.59 Å². The minimum atomic E-state index is -0.529. The second-order valence-electron chi connectivity index (χ2n) is 7.78. The van der Waals surface area contributed by atoms with Gasteiger partial charge in [-0.1, -0.05) is 60.7 Å². The molecule has 36 heavy (non-hydrogen) atoms. The van der Waals surface area contributed by atoms with Crippen molar-refractivity contribution in [2.75, 3.05) is 23.1 Å². The lowest BCUT2D eigenvalue weighted by Gasteiger charge is -2.19. The Morgan fingerprint density at radius 1 is 0.861 bits per heavy atom. The summed E-state index contributed by atoms with van der Waals surface area (Å²) in [6.45, 7) is 2.06. The predicted molar refractivity (Wildman–Crippen MR) is 139 cm³/mol. The molecule has 1 heterocycles. The number of nitrogen functional groups attached to an aromatic ring is 1. The van der Waals surface area contributed by atoms with Gasteiger partial charge in [0.25, 0.3) is 0 Å². The number of hydrogen-bond acceptors (Lipinski definition) is 8. The van der Waals surface area contributed by atoms with Crippen LogP contribution in [-0.2, 0) is 9.53 Å². The number of nitrogens with two attached hydrogens (primary N) is 1. The molecule has 4 aromatic rings. The van der Waals surface area contributed by atoms with Crippen LogP contribution in [0.5, 0.6) is 0 Å². The monoisotopic (exact) mass is 482 g/mol. The molecule has 0 aliphatic rings. The first-order valence-corrected chi connectivity index (χ1v) is 11.4. The number of aromatic nitrogens is 2. The number of anilines is 4. The lowest BCUT2D eigenvalue weighted by Crippen LogP contribution is -2.35. The molecule has 0 aliphatic heterocycles. The predicted octanol–water partition coefficient (Wildman–Crippen LogP) is 4.25. The molecular weight excluding hydrogens is 456 g/mol. The number of nitrogens with one attached hydrogen (secondary N) is 3. The number of carbonyl (C=O) groups excluding carboxylic acids is 2. The van der Waals surface area contributed by atoms with Crippen molar-refractivity contribution in [1.29, 1.82) is 0 Å². The van der Waals surface area contributed by atoms with E-state index in [-0.39, 0.29) is 17.4 Å². The van der Waals surface area contributed by atoms with Crippen LogP contribution in [0.15, 0.2) is 91.3 Å². The molecule has 0 radical (unpaired) electrons. The molecule has 0 saturated carbocycles. The zero-order chi connectivity index (χ0) is 25.3. The topological polar surface area (TPSA) is 131 Å². The summed E-state index contributed by atoms with van der Waals surface area (Å²) in [6, 6.07) is 25.7. The Balaban J connectivity index is 1.47. The third-order valence-electron chi connectivity index (χ3n) is 5.37. The number of amides is 1. The number of benzene rings is 3. The highest BCUT2D eigenvalue weighted by Gasteiger charge is 2.23. The van der Waals surface area contributed by atoms with E-state index in [1.165, 1.54) is 6.33 Å². The maximum atomic E-state index is 13.2. The smallest absolute Gasteiger partial charge is 0.338 e. The van der Waals surface area contributed by atoms with Crippen LogP contribution in [0.3, 0.4) is 0 Å². The van der Waals surface area contributed by atoms with Gasteiger partial charge in [0.2, 0.25) is 5.91 Å². The summed E-state index contributed by atoms with van der Waals surface area (Å²) in [6.07, 6.45) is 1.33. The van der Waals surface area contributed by atoms with Crippen molar-refractivity contribution >= 4 is 34.9 Å². The first-order chi connectivity index (χ1) is 17.6. The highest BCUT2D eigenvalue weighted by molar-refractivity contribution is 5.90. The molecule has 182 valence electrons. The molecule has 0 aliphatic carbocycles. The molecule has 5 N–H and O–H groups in total. The Kier molecular flexibility index (Phi) is 7.72. The third kappa shape index (κ3) is 5.76. The fourth-order valence-corrected chi connectivity index (χ4v) is 3.61. The fraction of sp³-hybridized carbons (Fsp3) is 0.111. The van der Waals surface area contributed by atoms with Crippen LogP contribution in [0.1, 0.15) is 34.3 Å². The number of carbonyl (C=O) groups is 2. The normalized spacial score (nSPS) is 10.5. The zero-order valence-electron chi connectivity index (χ0n) is 19.6. The van der Waals surface area contributed by atoms with Crippen molar-refractivity contribution in [3.8, 4) is 0 Å². The number of hydrogen-bond donors (Lipinski definition) is 4. The fourth-order valence-electron chi connectivity index (χ4n) is 3.61. The number of ether oxygens (including phenoxy) is 1. The van der Waals surface area contributed by atoms with E-state index in [1.807, 2.05) is 60.7 Å². The average Bonchev–Trinajstić information content (AvgIpc) is 2.91. The second-order valence-corrected chi connectivity index (χ2v) is 7.78. The first kappa shape index (κ1) is 24.2. The summed E-state index contributed by atoms with van der Waals surface area (Å²) in [5.74, 6) is -0.609. The van der Waals surface area contributed by atoms with E-state index in [0.29, 0.717) is 23.7 Å². The Morgan fingerprint density at radius 3 is 2.03 bits per heavy atom. The van der Waals surface area contributed by atoms with Crippen LogP contribution in [0, 0.1) is 0 Å². The summed E-state index contributed by atoms with van der Waals surface area (Å²) in [5.41, 5.74) is 14.8. The quantitative estimate of drug-likeness (QED) is 0.206. The van der Waals surface area contributed by atoms with E-state index >= 15 is 0 Å². The number of esters is 1. The lowest BCUT2D eigenvalue weighted by atomic mass is 9.91. The van der Waals surface area contributed by atoms with Gasteiger partial charge in [0.1, 0.15) is 12.0 Å². The van der Waals surface area contributed by atoms with Crippen LogP contribution in [0.4, 0.5) is 23.0 Å². The van der Waals surface area contributed by atoms with E-state index in [1.54, 1.807) is 31.2 Å². The average molecular weight is 483 g/mol. The molecule has 1 aromatic heterocycles. The molecule has 0 saturated heterocycles. The molecule has 9 nitrogen and oxygen atoms in total. The van der Waals surface area contributed by atoms with E-state index in [2.05, 4.69) is 26.1 Å². The molecule has 4 rings (SSSR count). The van der Waals surface area contributed by atoms with Crippen molar-refractivity contribution in [1.82, 2.24) is 15.4 Å². The van der Waals surface area contributed by atoms with Gasteiger partial charge in [0, 0.05) is 5.69 Å². The highest BCUT2D eigenvalue weighted by Crippen LogP contribution is 2.27. The molecule has 0 atom stereocenters. The molecule has 9 heteroatoms. The minimum Gasteiger partial charge on any atom is -0.462 e. The molecule has 0 bridgehead atoms. The van der Waals surface area contributed by atoms with Crippen LogP contribution in [0.25, 0.3) is 0 Å². The van der Waals surface area contributed by atoms with Crippen LogP contribution < -0.4 is 21.9 Å². The Hall–Kier alpha value is -4.92. The van der Waals surface area contributed by atoms with Crippen LogP contribution >= 0.6 is 0 Å². The first-order valence-electron chi connectivity index (χ1n) is 11.4. The molecule has 0 fully saturated rings. The third-order valence-corrected chi connectivity index (χ3v) is 5.37. The van der Waals surface area contributed by atoms with Crippen molar-refractivity contribution < 1.29 is 14.3 Å². The van der Waals surface area contributed by atoms with Crippen molar-refractivity contribution in [3.05, 3.63) is 108 Å². The summed E-state index contributed by atoms with van der Waals surface area (Å²) >= 11 is 0. The number of rotatable bonds is 9. The maximum absolute atomic E-state index is 13.2. The standard InChI is InChI=1S/C27H26N6O3/c1-2-36-27(35)20-13-15-21(16-14-20)31-24-23(28)25(30-17-29-24)32-33-26(34)22(18-9-5-3-6-10-18)19-11-7-4-8-12-19/h3-17,22H,2,28H2,1H3,(H,33,34)(H2,29,30,31,32). The molecule has 1 amide bonds. The highest BCUT2D eigenvalue weighted by atomic mass is 16.5. The summed E-state index contributed by atoms with van der Waals surface area (Å²) in [5, 5.41) is 3.09. The largest absolute Gasteiger partial charge is 0.462 e. The zero-order valence-corrected chi connectivity index (χ0v) is 19.6. The summed E-state index contributed by atoms with van der Waals surface area (Å²) < 4.78 is 5.00. The van der Waals surface area contributed by atoms with E-state index in [4.69, 9.17) is 10.5 Å². The Labute approximate surface area is 208 Å². The van der Waals surface area contributed by atoms with Crippen LogP contribution in [-0.4, -0.2) is 28.5 Å². The van der Waals surface area contributed by atoms with E-state index in [0.717, 1.165) is 11.1 Å². The van der Waals surface area contributed by atoms with Crippen molar-refractivity contribution in [2.24, 2.45) is 0 Å². The van der Waals surface area contributed by atoms with Gasteiger partial charge in [-0.3, -0.25) is 15.6 Å². The molecule has 0 spiro atoms. The van der Waals surface area contributed by atoms with Crippen molar-refractivity contribution in [3.63, 3.8) is 0 Å². The van der Waals surface area contributed by atoms with Gasteiger partial charge in [-0.2, -0.15) is 0 Å². The molecular formula is C27H26N6O3. The number of hydrazine groups is 1. The molecule has 3 aromatic carbocycles.